The van der Waals surface area contributed by atoms with Gasteiger partial charge in [-0.3, -0.25) is 4.79 Å². The van der Waals surface area contributed by atoms with Gasteiger partial charge in [-0.25, -0.2) is 19.6 Å². The van der Waals surface area contributed by atoms with E-state index in [1.54, 1.807) is 6.20 Å². The number of primary amides is 1. The molecular weight excluding hydrogens is 390 g/mol. The molecule has 160 valence electrons. The molecule has 0 spiro atoms. The van der Waals surface area contributed by atoms with Crippen LogP contribution in [0.5, 0.6) is 0 Å². The van der Waals surface area contributed by atoms with Crippen molar-refractivity contribution in [1.82, 2.24) is 14.6 Å². The molecule has 1 amide bonds. The van der Waals surface area contributed by atoms with E-state index >= 15 is 0 Å². The van der Waals surface area contributed by atoms with E-state index in [0.29, 0.717) is 5.70 Å². The Morgan fingerprint density at radius 1 is 1.37 bits per heavy atom. The molecule has 1 aromatic carbocycles. The van der Waals surface area contributed by atoms with Crippen molar-refractivity contribution < 1.29 is 13.6 Å². The average Bonchev–Trinajstić information content (AvgIpc) is 3.11. The van der Waals surface area contributed by atoms with Gasteiger partial charge < -0.3 is 21.0 Å². The van der Waals surface area contributed by atoms with Crippen molar-refractivity contribution in [2.24, 2.45) is 17.3 Å². The summed E-state index contributed by atoms with van der Waals surface area (Å²) < 4.78 is 28.2. The molecule has 4 rings (SSSR count). The first-order valence-corrected chi connectivity index (χ1v) is 9.63. The maximum Gasteiger partial charge on any atom is 0.252 e. The fraction of sp³-hybridized carbons (Fsp3) is 0.333. The van der Waals surface area contributed by atoms with Gasteiger partial charge in [0.2, 0.25) is 6.41 Å². The van der Waals surface area contributed by atoms with Gasteiger partial charge in [-0.15, -0.1) is 0 Å². The molecule has 1 fully saturated rings. The second-order valence-electron chi connectivity index (χ2n) is 7.47. The minimum Gasteiger partial charge on any atom is -0.397 e. The summed E-state index contributed by atoms with van der Waals surface area (Å²) in [6.07, 6.45) is 9.30. The first-order valence-electron chi connectivity index (χ1n) is 9.63. The van der Waals surface area contributed by atoms with Crippen molar-refractivity contribution in [1.29, 1.82) is 0 Å². The predicted octanol–water partition coefficient (Wildman–Crippen LogP) is 2.61. The monoisotopic (exact) mass is 416 g/mol. The number of aromatic nitrogens is 2. The van der Waals surface area contributed by atoms with Crippen LogP contribution in [0, 0.1) is 6.92 Å². The van der Waals surface area contributed by atoms with Crippen LogP contribution in [-0.2, 0) is 11.2 Å². The molecule has 1 aliphatic carbocycles. The Balaban J connectivity index is 0.000000806. The Hall–Kier alpha value is -3.20. The highest BCUT2D eigenvalue weighted by Gasteiger charge is 2.47. The summed E-state index contributed by atoms with van der Waals surface area (Å²) in [6, 6.07) is 5.53. The zero-order chi connectivity index (χ0) is 21.9. The van der Waals surface area contributed by atoms with Crippen molar-refractivity contribution in [2.45, 2.75) is 44.6 Å². The normalized spacial score (nSPS) is 17.4. The topological polar surface area (TPSA) is 116 Å². The van der Waals surface area contributed by atoms with Gasteiger partial charge in [0, 0.05) is 37.2 Å². The number of aryl methyl sites for hydroxylation is 2. The summed E-state index contributed by atoms with van der Waals surface area (Å²) in [5.74, 6) is 4.34. The van der Waals surface area contributed by atoms with Gasteiger partial charge in [-0.1, -0.05) is 18.2 Å². The number of hydrazine groups is 1. The molecule has 0 unspecified atom stereocenters. The number of carbonyl (C=O) groups is 1. The predicted molar refractivity (Wildman–Crippen MR) is 112 cm³/mol. The smallest absolute Gasteiger partial charge is 0.252 e. The fourth-order valence-electron chi connectivity index (χ4n) is 3.60. The number of fused-ring (bicyclic) bond motifs is 1. The van der Waals surface area contributed by atoms with Crippen molar-refractivity contribution in [3.05, 3.63) is 53.6 Å². The zero-order valence-electron chi connectivity index (χ0n) is 16.8. The van der Waals surface area contributed by atoms with Crippen LogP contribution in [0.4, 0.5) is 8.78 Å². The van der Waals surface area contributed by atoms with E-state index in [-0.39, 0.29) is 25.3 Å². The number of amides is 1. The van der Waals surface area contributed by atoms with E-state index in [4.69, 9.17) is 16.4 Å². The molecule has 30 heavy (non-hydrogen) atoms. The van der Waals surface area contributed by atoms with Crippen LogP contribution in [-0.4, -0.2) is 32.9 Å². The van der Waals surface area contributed by atoms with Gasteiger partial charge in [0.05, 0.1) is 23.6 Å². The summed E-state index contributed by atoms with van der Waals surface area (Å²) >= 11 is 0. The molecular formula is C21H26F2N6O. The Kier molecular flexibility index (Phi) is 6.21. The molecule has 2 aromatic rings. The van der Waals surface area contributed by atoms with E-state index in [1.807, 2.05) is 37.5 Å². The van der Waals surface area contributed by atoms with E-state index in [0.717, 1.165) is 41.1 Å². The van der Waals surface area contributed by atoms with Gasteiger partial charge in [0.15, 0.2) is 0 Å². The molecule has 0 radical (unpaired) electrons. The molecule has 2 aliphatic rings. The standard InChI is InChI=1S/C20H23F2N5.CH3NO/c1-13-5-6-14(17(23)12-27(24)15-9-20(21,22)10-15)8-16(13)18-11-25-19-4-2-3-7-26(18)19;2-1-3/h3,5-8,11-12,15H,2,4,9-10,23-24H2,1H3;1H,(H2,2,3)/b17-12-;. The Morgan fingerprint density at radius 3 is 2.73 bits per heavy atom. The zero-order valence-corrected chi connectivity index (χ0v) is 16.8. The van der Waals surface area contributed by atoms with Crippen LogP contribution in [0.3, 0.4) is 0 Å². The fourth-order valence-corrected chi connectivity index (χ4v) is 3.60. The molecule has 2 heterocycles. The van der Waals surface area contributed by atoms with Crippen LogP contribution in [0.2, 0.25) is 0 Å². The first-order chi connectivity index (χ1) is 14.3. The number of nitrogens with two attached hydrogens (primary N) is 3. The van der Waals surface area contributed by atoms with E-state index in [1.165, 1.54) is 5.01 Å². The number of rotatable bonds is 4. The lowest BCUT2D eigenvalue weighted by molar-refractivity contribution is -0.116. The van der Waals surface area contributed by atoms with Crippen molar-refractivity contribution >= 4 is 18.3 Å². The van der Waals surface area contributed by atoms with Gasteiger partial charge in [-0.05, 0) is 30.5 Å². The highest BCUT2D eigenvalue weighted by atomic mass is 19.3. The lowest BCUT2D eigenvalue weighted by Crippen LogP contribution is -2.51. The summed E-state index contributed by atoms with van der Waals surface area (Å²) in [5.41, 5.74) is 14.8. The lowest BCUT2D eigenvalue weighted by atomic mass is 9.88. The van der Waals surface area contributed by atoms with Crippen molar-refractivity contribution in [3.63, 3.8) is 0 Å². The first kappa shape index (κ1) is 21.5. The third-order valence-corrected chi connectivity index (χ3v) is 5.29. The molecule has 0 saturated heterocycles. The van der Waals surface area contributed by atoms with Crippen LogP contribution < -0.4 is 17.3 Å². The second kappa shape index (κ2) is 8.66. The number of imidazole rings is 1. The number of halogens is 2. The number of carbonyl (C=O) groups excluding carboxylic acids is 1. The largest absolute Gasteiger partial charge is 0.397 e. The quantitative estimate of drug-likeness (QED) is 0.402. The maximum absolute atomic E-state index is 13.1. The third-order valence-electron chi connectivity index (χ3n) is 5.29. The summed E-state index contributed by atoms with van der Waals surface area (Å²) in [6.45, 7) is 2.04. The van der Waals surface area contributed by atoms with Crippen molar-refractivity contribution in [3.8, 4) is 11.3 Å². The number of nitrogens with zero attached hydrogens (tertiary/aromatic N) is 3. The van der Waals surface area contributed by atoms with E-state index < -0.39 is 5.92 Å². The number of alkyl halides is 2. The van der Waals surface area contributed by atoms with Gasteiger partial charge in [0.25, 0.3) is 5.92 Å². The number of hydrogen-bond donors (Lipinski definition) is 3. The number of hydrogen-bond acceptors (Lipinski definition) is 5. The molecule has 9 heteroatoms. The van der Waals surface area contributed by atoms with Crippen LogP contribution in [0.15, 0.2) is 36.7 Å². The van der Waals surface area contributed by atoms with Gasteiger partial charge >= 0.3 is 0 Å². The average molecular weight is 416 g/mol. The second-order valence-corrected chi connectivity index (χ2v) is 7.47. The molecule has 0 bridgehead atoms. The minimum atomic E-state index is -2.61. The minimum absolute atomic E-state index is 0.235. The Bertz CT molecular complexity index is 974. The number of allylic oxidation sites excluding steroid dienone is 1. The molecule has 6 N–H and O–H groups in total. The maximum atomic E-state index is 13.1. The molecule has 1 saturated carbocycles. The lowest BCUT2D eigenvalue weighted by Gasteiger charge is -2.39. The van der Waals surface area contributed by atoms with E-state index in [2.05, 4.69) is 21.4 Å². The Labute approximate surface area is 173 Å². The van der Waals surface area contributed by atoms with Gasteiger partial charge in [0.1, 0.15) is 5.82 Å². The third kappa shape index (κ3) is 4.51. The SMILES string of the molecule is Cc1ccc(/C(N)=C/N(N)C2CC(F)(F)C2)cc1-c1cnc2n1C=CCC2.NC=O. The highest BCUT2D eigenvalue weighted by molar-refractivity contribution is 5.73. The molecule has 1 aromatic heterocycles. The summed E-state index contributed by atoms with van der Waals surface area (Å²) in [7, 11) is 0. The highest BCUT2D eigenvalue weighted by Crippen LogP contribution is 2.39. The summed E-state index contributed by atoms with van der Waals surface area (Å²) in [5, 5.41) is 1.30. The molecule has 1 aliphatic heterocycles. The number of benzene rings is 1. The van der Waals surface area contributed by atoms with Gasteiger partial charge in [-0.2, -0.15) is 0 Å². The van der Waals surface area contributed by atoms with Crippen LogP contribution in [0.1, 0.15) is 36.2 Å². The van der Waals surface area contributed by atoms with Crippen molar-refractivity contribution in [2.75, 3.05) is 0 Å². The summed E-state index contributed by atoms with van der Waals surface area (Å²) in [4.78, 5) is 13.1. The van der Waals surface area contributed by atoms with Crippen LogP contribution >= 0.6 is 0 Å². The van der Waals surface area contributed by atoms with E-state index in [9.17, 15) is 8.78 Å². The van der Waals surface area contributed by atoms with Crippen LogP contribution in [0.25, 0.3) is 23.2 Å². The molecule has 0 atom stereocenters. The molecule has 7 nitrogen and oxygen atoms in total. The Morgan fingerprint density at radius 2 is 2.07 bits per heavy atom.